The van der Waals surface area contributed by atoms with Crippen molar-refractivity contribution < 1.29 is 4.74 Å². The molecule has 2 aromatic heterocycles. The topological polar surface area (TPSA) is 86.0 Å². The van der Waals surface area contributed by atoms with Gasteiger partial charge in [-0.05, 0) is 23.2 Å². The zero-order chi connectivity index (χ0) is 11.4. The molecule has 2 rings (SSSR count). The Kier molecular flexibility index (Phi) is 3.40. The zero-order valence-electron chi connectivity index (χ0n) is 8.62. The molecule has 0 bridgehead atoms. The highest BCUT2D eigenvalue weighted by Crippen LogP contribution is 2.24. The van der Waals surface area contributed by atoms with Crippen LogP contribution in [0.15, 0.2) is 24.7 Å². The summed E-state index contributed by atoms with van der Waals surface area (Å²) in [6.45, 7) is 0. The Labute approximate surface area is 96.6 Å². The number of hydrazine groups is 1. The van der Waals surface area contributed by atoms with E-state index in [4.69, 9.17) is 10.6 Å². The van der Waals surface area contributed by atoms with Crippen LogP contribution in [0, 0.1) is 0 Å². The van der Waals surface area contributed by atoms with Gasteiger partial charge in [0, 0.05) is 6.20 Å². The Morgan fingerprint density at radius 3 is 2.94 bits per heavy atom. The Bertz CT molecular complexity index is 447. The van der Waals surface area contributed by atoms with Crippen LogP contribution in [-0.4, -0.2) is 21.7 Å². The highest BCUT2D eigenvalue weighted by Gasteiger charge is 2.15. The monoisotopic (exact) mass is 237 g/mol. The molecule has 3 N–H and O–H groups in total. The Balaban J connectivity index is 2.33. The molecule has 0 spiro atoms. The SMILES string of the molecule is COc1cncc(C(NN)c2cnns2)c1. The molecule has 0 aliphatic rings. The van der Waals surface area contributed by atoms with Gasteiger partial charge in [0.25, 0.3) is 0 Å². The van der Waals surface area contributed by atoms with E-state index in [0.29, 0.717) is 5.75 Å². The lowest BCUT2D eigenvalue weighted by Crippen LogP contribution is -2.28. The van der Waals surface area contributed by atoms with Crippen LogP contribution in [-0.2, 0) is 0 Å². The lowest BCUT2D eigenvalue weighted by Gasteiger charge is -2.13. The fourth-order valence-electron chi connectivity index (χ4n) is 1.35. The van der Waals surface area contributed by atoms with Gasteiger partial charge in [-0.15, -0.1) is 5.10 Å². The van der Waals surface area contributed by atoms with Gasteiger partial charge in [-0.1, -0.05) is 4.49 Å². The number of methoxy groups -OCH3 is 1. The highest BCUT2D eigenvalue weighted by atomic mass is 32.1. The third-order valence-electron chi connectivity index (χ3n) is 2.13. The molecule has 0 saturated carbocycles. The molecule has 0 aromatic carbocycles. The average Bonchev–Trinajstić information content (AvgIpc) is 2.84. The molecule has 0 amide bonds. The van der Waals surface area contributed by atoms with E-state index in [9.17, 15) is 0 Å². The fraction of sp³-hybridized carbons (Fsp3) is 0.222. The molecule has 6 nitrogen and oxygen atoms in total. The zero-order valence-corrected chi connectivity index (χ0v) is 9.44. The number of hydrogen-bond acceptors (Lipinski definition) is 7. The van der Waals surface area contributed by atoms with E-state index in [2.05, 4.69) is 20.0 Å². The number of aromatic nitrogens is 3. The van der Waals surface area contributed by atoms with E-state index in [-0.39, 0.29) is 6.04 Å². The van der Waals surface area contributed by atoms with E-state index < -0.39 is 0 Å². The molecule has 7 heteroatoms. The van der Waals surface area contributed by atoms with Crippen LogP contribution in [0.2, 0.25) is 0 Å². The summed E-state index contributed by atoms with van der Waals surface area (Å²) in [6.07, 6.45) is 5.05. The molecule has 2 aromatic rings. The molecule has 1 atom stereocenters. The molecular weight excluding hydrogens is 226 g/mol. The first-order valence-electron chi connectivity index (χ1n) is 4.57. The summed E-state index contributed by atoms with van der Waals surface area (Å²) in [5.41, 5.74) is 3.62. The second kappa shape index (κ2) is 4.97. The summed E-state index contributed by atoms with van der Waals surface area (Å²) >= 11 is 1.29. The standard InChI is InChI=1S/C9H11N5OS/c1-15-7-2-6(3-11-4-7)9(13-10)8-5-12-14-16-8/h2-5,9,13H,10H2,1H3. The van der Waals surface area contributed by atoms with Gasteiger partial charge < -0.3 is 4.74 Å². The smallest absolute Gasteiger partial charge is 0.137 e. The van der Waals surface area contributed by atoms with Crippen molar-refractivity contribution in [3.63, 3.8) is 0 Å². The van der Waals surface area contributed by atoms with Gasteiger partial charge in [-0.25, -0.2) is 5.43 Å². The summed E-state index contributed by atoms with van der Waals surface area (Å²) in [6, 6.07) is 1.71. The first-order chi connectivity index (χ1) is 7.85. The first kappa shape index (κ1) is 10.9. The summed E-state index contributed by atoms with van der Waals surface area (Å²) in [7, 11) is 1.60. The summed E-state index contributed by atoms with van der Waals surface area (Å²) in [5, 5.41) is 3.78. The number of ether oxygens (including phenoxy) is 1. The minimum absolute atomic E-state index is 0.164. The minimum Gasteiger partial charge on any atom is -0.495 e. The van der Waals surface area contributed by atoms with E-state index in [1.54, 1.807) is 25.7 Å². The molecule has 0 aliphatic carbocycles. The van der Waals surface area contributed by atoms with E-state index >= 15 is 0 Å². The largest absolute Gasteiger partial charge is 0.495 e. The molecule has 0 aliphatic heterocycles. The Hall–Kier alpha value is -1.57. The van der Waals surface area contributed by atoms with Crippen LogP contribution in [0.25, 0.3) is 0 Å². The van der Waals surface area contributed by atoms with Crippen molar-refractivity contribution in [1.82, 2.24) is 20.0 Å². The summed E-state index contributed by atoms with van der Waals surface area (Å²) in [4.78, 5) is 5.01. The predicted octanol–water partition coefficient (Wildman–Crippen LogP) is 0.494. The lowest BCUT2D eigenvalue weighted by molar-refractivity contribution is 0.411. The van der Waals surface area contributed by atoms with Gasteiger partial charge in [0.2, 0.25) is 0 Å². The predicted molar refractivity (Wildman–Crippen MR) is 59.9 cm³/mol. The number of nitrogens with two attached hydrogens (primary N) is 1. The van der Waals surface area contributed by atoms with Gasteiger partial charge in [-0.3, -0.25) is 10.8 Å². The number of nitrogens with one attached hydrogen (secondary N) is 1. The molecule has 84 valence electrons. The first-order valence-corrected chi connectivity index (χ1v) is 5.35. The van der Waals surface area contributed by atoms with Crippen molar-refractivity contribution in [2.75, 3.05) is 7.11 Å². The van der Waals surface area contributed by atoms with Crippen molar-refractivity contribution in [2.24, 2.45) is 5.84 Å². The van der Waals surface area contributed by atoms with Crippen LogP contribution in [0.4, 0.5) is 0 Å². The molecule has 0 fully saturated rings. The number of hydrogen-bond donors (Lipinski definition) is 2. The van der Waals surface area contributed by atoms with Crippen molar-refractivity contribution >= 4 is 11.5 Å². The van der Waals surface area contributed by atoms with Crippen molar-refractivity contribution in [3.05, 3.63) is 35.1 Å². The number of pyridine rings is 1. The van der Waals surface area contributed by atoms with Gasteiger partial charge in [0.1, 0.15) is 5.75 Å². The number of rotatable bonds is 4. The van der Waals surface area contributed by atoms with Crippen LogP contribution in [0.1, 0.15) is 16.5 Å². The van der Waals surface area contributed by atoms with E-state index in [1.807, 2.05) is 6.07 Å². The molecule has 0 saturated heterocycles. The maximum Gasteiger partial charge on any atom is 0.137 e. The van der Waals surface area contributed by atoms with Gasteiger partial charge in [-0.2, -0.15) is 0 Å². The van der Waals surface area contributed by atoms with Crippen LogP contribution < -0.4 is 16.0 Å². The van der Waals surface area contributed by atoms with Crippen LogP contribution >= 0.6 is 11.5 Å². The minimum atomic E-state index is -0.164. The van der Waals surface area contributed by atoms with E-state index in [0.717, 1.165) is 10.4 Å². The van der Waals surface area contributed by atoms with Gasteiger partial charge in [0.15, 0.2) is 0 Å². The molecular formula is C9H11N5OS. The van der Waals surface area contributed by atoms with Crippen LogP contribution in [0.5, 0.6) is 5.75 Å². The maximum absolute atomic E-state index is 5.52. The summed E-state index contributed by atoms with van der Waals surface area (Å²) in [5.74, 6) is 6.21. The third-order valence-corrected chi connectivity index (χ3v) is 2.86. The molecule has 0 radical (unpaired) electrons. The van der Waals surface area contributed by atoms with Crippen molar-refractivity contribution in [2.45, 2.75) is 6.04 Å². The normalized spacial score (nSPS) is 12.4. The van der Waals surface area contributed by atoms with Crippen LogP contribution in [0.3, 0.4) is 0 Å². The van der Waals surface area contributed by atoms with Crippen molar-refractivity contribution in [3.8, 4) is 5.75 Å². The highest BCUT2D eigenvalue weighted by molar-refractivity contribution is 7.05. The molecule has 2 heterocycles. The van der Waals surface area contributed by atoms with Gasteiger partial charge in [0.05, 0.1) is 30.4 Å². The molecule has 1 unspecified atom stereocenters. The average molecular weight is 237 g/mol. The van der Waals surface area contributed by atoms with Gasteiger partial charge >= 0.3 is 0 Å². The third kappa shape index (κ3) is 2.16. The van der Waals surface area contributed by atoms with E-state index in [1.165, 1.54) is 11.5 Å². The fourth-order valence-corrected chi connectivity index (χ4v) is 1.94. The van der Waals surface area contributed by atoms with Crippen molar-refractivity contribution in [1.29, 1.82) is 0 Å². The quantitative estimate of drug-likeness (QED) is 0.594. The number of nitrogens with zero attached hydrogens (tertiary/aromatic N) is 3. The summed E-state index contributed by atoms with van der Waals surface area (Å²) < 4.78 is 8.91. The lowest BCUT2D eigenvalue weighted by atomic mass is 10.1. The second-order valence-corrected chi connectivity index (χ2v) is 3.89. The molecule has 16 heavy (non-hydrogen) atoms. The second-order valence-electron chi connectivity index (χ2n) is 3.08. The Morgan fingerprint density at radius 1 is 1.44 bits per heavy atom. The maximum atomic E-state index is 5.52. The Morgan fingerprint density at radius 2 is 2.31 bits per heavy atom.